The van der Waals surface area contributed by atoms with Gasteiger partial charge in [-0.15, -0.1) is 0 Å². The number of hydrogen-bond donors (Lipinski definition) is 0. The van der Waals surface area contributed by atoms with Crippen LogP contribution >= 0.6 is 0 Å². The molecule has 90 valence electrons. The summed E-state index contributed by atoms with van der Waals surface area (Å²) in [7, 11) is 0. The van der Waals surface area contributed by atoms with Gasteiger partial charge in [-0.1, -0.05) is 20.8 Å². The molecule has 0 N–H and O–H groups in total. The Morgan fingerprint density at radius 1 is 1.12 bits per heavy atom. The minimum atomic E-state index is 0.365. The highest BCUT2D eigenvalue weighted by atomic mass is 16.6. The fraction of sp³-hybridized carbons (Fsp3) is 1.00. The first-order valence-corrected chi connectivity index (χ1v) is 7.16. The summed E-state index contributed by atoms with van der Waals surface area (Å²) >= 11 is 0. The van der Waals surface area contributed by atoms with Crippen molar-refractivity contribution in [3.63, 3.8) is 0 Å². The van der Waals surface area contributed by atoms with Gasteiger partial charge in [0.1, 0.15) is 0 Å². The molecule has 1 nitrogen and oxygen atoms in total. The molecule has 5 atom stereocenters. The second kappa shape index (κ2) is 2.53. The van der Waals surface area contributed by atoms with E-state index in [2.05, 4.69) is 20.8 Å². The Morgan fingerprint density at radius 2 is 1.88 bits per heavy atom. The van der Waals surface area contributed by atoms with Gasteiger partial charge >= 0.3 is 0 Å². The fourth-order valence-electron chi connectivity index (χ4n) is 6.19. The van der Waals surface area contributed by atoms with Crippen molar-refractivity contribution >= 4 is 0 Å². The van der Waals surface area contributed by atoms with Crippen molar-refractivity contribution in [2.75, 3.05) is 6.61 Å². The molecule has 0 aromatic rings. The summed E-state index contributed by atoms with van der Waals surface area (Å²) in [6.45, 7) is 8.67. The third-order valence-electron chi connectivity index (χ3n) is 7.07. The molecule has 1 heterocycles. The van der Waals surface area contributed by atoms with Gasteiger partial charge in [0.25, 0.3) is 0 Å². The van der Waals surface area contributed by atoms with E-state index in [4.69, 9.17) is 4.74 Å². The van der Waals surface area contributed by atoms with E-state index in [-0.39, 0.29) is 0 Å². The number of fused-ring (bicyclic) bond motifs is 1. The molecule has 1 heteroatoms. The fourth-order valence-corrected chi connectivity index (χ4v) is 6.19. The number of rotatable bonds is 0. The molecule has 0 amide bonds. The van der Waals surface area contributed by atoms with Crippen LogP contribution in [0.2, 0.25) is 0 Å². The van der Waals surface area contributed by atoms with E-state index in [1.807, 2.05) is 0 Å². The molecule has 2 bridgehead atoms. The van der Waals surface area contributed by atoms with Crippen LogP contribution in [-0.2, 0) is 4.74 Å². The first kappa shape index (κ1) is 9.94. The van der Waals surface area contributed by atoms with Gasteiger partial charge in [-0.3, -0.25) is 0 Å². The van der Waals surface area contributed by atoms with Crippen molar-refractivity contribution in [1.82, 2.24) is 0 Å². The van der Waals surface area contributed by atoms with Gasteiger partial charge < -0.3 is 4.74 Å². The molecule has 0 radical (unpaired) electrons. The Labute approximate surface area is 98.9 Å². The van der Waals surface area contributed by atoms with Crippen LogP contribution in [0.1, 0.15) is 52.9 Å². The molecule has 1 saturated heterocycles. The van der Waals surface area contributed by atoms with Crippen molar-refractivity contribution in [2.45, 2.75) is 58.5 Å². The van der Waals surface area contributed by atoms with Gasteiger partial charge in [-0.2, -0.15) is 0 Å². The smallest absolute Gasteiger partial charge is 0.0975 e. The van der Waals surface area contributed by atoms with E-state index < -0.39 is 0 Å². The monoisotopic (exact) mass is 220 g/mol. The molecule has 4 aliphatic rings. The quantitative estimate of drug-likeness (QED) is 0.568. The summed E-state index contributed by atoms with van der Waals surface area (Å²) in [6, 6.07) is 0. The summed E-state index contributed by atoms with van der Waals surface area (Å²) in [5.41, 5.74) is 1.54. The van der Waals surface area contributed by atoms with Crippen LogP contribution in [0.25, 0.3) is 0 Å². The highest BCUT2D eigenvalue weighted by Gasteiger charge is 2.75. The van der Waals surface area contributed by atoms with E-state index in [0.29, 0.717) is 16.4 Å². The van der Waals surface area contributed by atoms with Gasteiger partial charge in [0.2, 0.25) is 0 Å². The summed E-state index contributed by atoms with van der Waals surface area (Å²) in [5.74, 6) is 2.87. The predicted molar refractivity (Wildman–Crippen MR) is 64.1 cm³/mol. The molecular weight excluding hydrogens is 196 g/mol. The lowest BCUT2D eigenvalue weighted by molar-refractivity contribution is 0.0621. The highest BCUT2D eigenvalue weighted by molar-refractivity contribution is 5.24. The van der Waals surface area contributed by atoms with E-state index in [1.54, 1.807) is 0 Å². The Morgan fingerprint density at radius 3 is 2.56 bits per heavy atom. The van der Waals surface area contributed by atoms with Crippen LogP contribution in [0.4, 0.5) is 0 Å². The molecule has 0 aromatic heterocycles. The maximum atomic E-state index is 5.98. The molecule has 0 aromatic carbocycles. The van der Waals surface area contributed by atoms with Gasteiger partial charge in [-0.05, 0) is 55.3 Å². The zero-order chi connectivity index (χ0) is 11.2. The minimum Gasteiger partial charge on any atom is -0.369 e. The molecule has 2 spiro atoms. The molecule has 4 rings (SSSR count). The topological polar surface area (TPSA) is 12.5 Å². The van der Waals surface area contributed by atoms with Gasteiger partial charge in [0, 0.05) is 5.41 Å². The standard InChI is InChI=1S/C15H24O/c1-10-4-6-14-8-11(10)13(2,3)12(14)5-7-15(14)9-16-15/h10-12H,4-9H2,1-3H3/t10-,11+,12+,14-,15?/m1/s1. The molecular formula is C15H24O. The second-order valence-corrected chi connectivity index (χ2v) is 7.68. The van der Waals surface area contributed by atoms with Crippen LogP contribution in [-0.4, -0.2) is 12.2 Å². The summed E-state index contributed by atoms with van der Waals surface area (Å²) in [6.07, 6.45) is 7.19. The highest BCUT2D eigenvalue weighted by Crippen LogP contribution is 2.76. The maximum absolute atomic E-state index is 5.98. The molecule has 1 aliphatic heterocycles. The first-order chi connectivity index (χ1) is 7.52. The van der Waals surface area contributed by atoms with Gasteiger partial charge in [0.05, 0.1) is 12.2 Å². The molecule has 3 aliphatic carbocycles. The van der Waals surface area contributed by atoms with Gasteiger partial charge in [0.15, 0.2) is 0 Å². The van der Waals surface area contributed by atoms with Crippen molar-refractivity contribution < 1.29 is 4.74 Å². The Hall–Kier alpha value is -0.0400. The van der Waals surface area contributed by atoms with E-state index in [0.717, 1.165) is 24.4 Å². The van der Waals surface area contributed by atoms with E-state index >= 15 is 0 Å². The first-order valence-electron chi connectivity index (χ1n) is 7.16. The van der Waals surface area contributed by atoms with Crippen molar-refractivity contribution in [2.24, 2.45) is 28.6 Å². The lowest BCUT2D eigenvalue weighted by atomic mass is 9.65. The third kappa shape index (κ3) is 0.836. The second-order valence-electron chi connectivity index (χ2n) is 7.68. The number of epoxide rings is 1. The van der Waals surface area contributed by atoms with Crippen molar-refractivity contribution in [3.05, 3.63) is 0 Å². The minimum absolute atomic E-state index is 0.365. The summed E-state index contributed by atoms with van der Waals surface area (Å²) in [5, 5.41) is 0. The molecule has 1 unspecified atom stereocenters. The van der Waals surface area contributed by atoms with E-state index in [1.165, 1.54) is 32.1 Å². The molecule has 3 saturated carbocycles. The average Bonchev–Trinajstić information content (AvgIpc) is 2.89. The average molecular weight is 220 g/mol. The van der Waals surface area contributed by atoms with Crippen molar-refractivity contribution in [1.29, 1.82) is 0 Å². The van der Waals surface area contributed by atoms with E-state index in [9.17, 15) is 0 Å². The zero-order valence-corrected chi connectivity index (χ0v) is 10.9. The Balaban J connectivity index is 1.84. The third-order valence-corrected chi connectivity index (χ3v) is 7.07. The van der Waals surface area contributed by atoms with Crippen LogP contribution < -0.4 is 0 Å². The SMILES string of the molecule is C[C@@H]1CC[C@@]23C[C@@H]1C(C)(C)[C@@H]2CCC31CO1. The summed E-state index contributed by atoms with van der Waals surface area (Å²) in [4.78, 5) is 0. The van der Waals surface area contributed by atoms with Crippen LogP contribution in [0.5, 0.6) is 0 Å². The van der Waals surface area contributed by atoms with Crippen molar-refractivity contribution in [3.8, 4) is 0 Å². The predicted octanol–water partition coefficient (Wildman–Crippen LogP) is 3.63. The molecule has 16 heavy (non-hydrogen) atoms. The normalized spacial score (nSPS) is 61.3. The number of ether oxygens (including phenoxy) is 1. The maximum Gasteiger partial charge on any atom is 0.0975 e. The largest absolute Gasteiger partial charge is 0.369 e. The zero-order valence-electron chi connectivity index (χ0n) is 10.9. The molecule has 4 fully saturated rings. The lowest BCUT2D eigenvalue weighted by Gasteiger charge is -2.39. The number of hydrogen-bond acceptors (Lipinski definition) is 1. The van der Waals surface area contributed by atoms with Gasteiger partial charge in [-0.25, -0.2) is 0 Å². The van der Waals surface area contributed by atoms with Crippen LogP contribution in [0.15, 0.2) is 0 Å². The Kier molecular flexibility index (Phi) is 1.57. The Bertz CT molecular complexity index is 341. The lowest BCUT2D eigenvalue weighted by Crippen LogP contribution is -2.38. The van der Waals surface area contributed by atoms with Crippen LogP contribution in [0, 0.1) is 28.6 Å². The summed E-state index contributed by atoms with van der Waals surface area (Å²) < 4.78 is 5.98. The van der Waals surface area contributed by atoms with Crippen LogP contribution in [0.3, 0.4) is 0 Å².